The summed E-state index contributed by atoms with van der Waals surface area (Å²) in [6, 6.07) is 6.77. The molecule has 0 spiro atoms. The van der Waals surface area contributed by atoms with Crippen molar-refractivity contribution >= 4 is 40.1 Å². The smallest absolute Gasteiger partial charge is 0.335 e. The molecule has 2 aromatic rings. The number of carboxylic acid groups (broad SMARTS) is 1. The average Bonchev–Trinajstić information content (AvgIpc) is 2.93. The van der Waals surface area contributed by atoms with Crippen LogP contribution in [0.1, 0.15) is 29.8 Å². The third-order valence-electron chi connectivity index (χ3n) is 2.70. The number of amides is 1. The minimum Gasteiger partial charge on any atom is -0.478 e. The fourth-order valence-corrected chi connectivity index (χ4v) is 3.21. The van der Waals surface area contributed by atoms with Crippen molar-refractivity contribution in [1.82, 2.24) is 10.2 Å². The summed E-state index contributed by atoms with van der Waals surface area (Å²) in [4.78, 5) is 22.5. The molecular formula is C14H15N3O3S2. The second-order valence-electron chi connectivity index (χ2n) is 4.81. The van der Waals surface area contributed by atoms with Crippen molar-refractivity contribution < 1.29 is 14.7 Å². The van der Waals surface area contributed by atoms with Gasteiger partial charge in [0.1, 0.15) is 0 Å². The van der Waals surface area contributed by atoms with E-state index in [1.807, 2.05) is 19.9 Å². The van der Waals surface area contributed by atoms with Gasteiger partial charge in [-0.05, 0) is 17.7 Å². The van der Waals surface area contributed by atoms with Gasteiger partial charge >= 0.3 is 5.97 Å². The molecule has 1 aromatic carbocycles. The number of benzene rings is 1. The molecule has 0 aliphatic heterocycles. The summed E-state index contributed by atoms with van der Waals surface area (Å²) in [5.41, 5.74) is 1.16. The highest BCUT2D eigenvalue weighted by Gasteiger charge is 2.11. The number of carbonyl (C=O) groups excluding carboxylic acids is 1. The molecule has 0 radical (unpaired) electrons. The Labute approximate surface area is 136 Å². The minimum atomic E-state index is -0.943. The molecule has 0 fully saturated rings. The predicted octanol–water partition coefficient (Wildman–Crippen LogP) is 3.12. The monoisotopic (exact) mass is 337 g/mol. The van der Waals surface area contributed by atoms with Crippen LogP contribution in [0.4, 0.5) is 5.13 Å². The van der Waals surface area contributed by atoms with Crippen LogP contribution in [0.15, 0.2) is 28.6 Å². The van der Waals surface area contributed by atoms with Crippen LogP contribution >= 0.6 is 23.1 Å². The minimum absolute atomic E-state index is 0.0955. The molecule has 116 valence electrons. The van der Waals surface area contributed by atoms with Gasteiger partial charge in [-0.3, -0.25) is 4.79 Å². The van der Waals surface area contributed by atoms with E-state index in [1.165, 1.54) is 23.1 Å². The Morgan fingerprint density at radius 3 is 2.82 bits per heavy atom. The largest absolute Gasteiger partial charge is 0.478 e. The van der Waals surface area contributed by atoms with Gasteiger partial charge in [-0.2, -0.15) is 0 Å². The van der Waals surface area contributed by atoms with Crippen LogP contribution in [0.25, 0.3) is 0 Å². The van der Waals surface area contributed by atoms with Gasteiger partial charge in [0.25, 0.3) is 0 Å². The van der Waals surface area contributed by atoms with Gasteiger partial charge in [-0.1, -0.05) is 49.1 Å². The number of thioether (sulfide) groups is 1. The number of aromatic nitrogens is 2. The standard InChI is InChI=1S/C14H15N3O3S2/c1-8(2)11(18)15-13-16-17-14(22-13)21-7-9-4-3-5-10(6-9)12(19)20/h3-6,8H,7H2,1-2H3,(H,19,20)(H,15,16,18). The van der Waals surface area contributed by atoms with E-state index in [-0.39, 0.29) is 17.4 Å². The lowest BCUT2D eigenvalue weighted by Gasteiger charge is -2.02. The molecule has 8 heteroatoms. The molecule has 0 aliphatic rings. The number of nitrogens with one attached hydrogen (secondary N) is 1. The van der Waals surface area contributed by atoms with Gasteiger partial charge in [-0.15, -0.1) is 10.2 Å². The van der Waals surface area contributed by atoms with Crippen molar-refractivity contribution in [1.29, 1.82) is 0 Å². The number of aromatic carboxylic acids is 1. The molecule has 0 aliphatic carbocycles. The number of carboxylic acids is 1. The topological polar surface area (TPSA) is 92.2 Å². The molecule has 22 heavy (non-hydrogen) atoms. The summed E-state index contributed by atoms with van der Waals surface area (Å²) < 4.78 is 0.722. The third-order valence-corrected chi connectivity index (χ3v) is 4.74. The zero-order chi connectivity index (χ0) is 16.1. The van der Waals surface area contributed by atoms with Gasteiger partial charge in [-0.25, -0.2) is 4.79 Å². The zero-order valence-corrected chi connectivity index (χ0v) is 13.7. The number of carbonyl (C=O) groups is 2. The molecule has 1 amide bonds. The van der Waals surface area contributed by atoms with Crippen LogP contribution < -0.4 is 5.32 Å². The number of hydrogen-bond donors (Lipinski definition) is 2. The van der Waals surface area contributed by atoms with Crippen LogP contribution in [0.2, 0.25) is 0 Å². The van der Waals surface area contributed by atoms with Gasteiger partial charge < -0.3 is 10.4 Å². The summed E-state index contributed by atoms with van der Waals surface area (Å²) >= 11 is 2.75. The first-order valence-electron chi connectivity index (χ1n) is 6.55. The Bertz CT molecular complexity index is 685. The summed E-state index contributed by atoms with van der Waals surface area (Å²) in [5, 5.41) is 20.1. The average molecular weight is 337 g/mol. The van der Waals surface area contributed by atoms with Crippen LogP contribution in [0, 0.1) is 5.92 Å². The molecule has 1 heterocycles. The Morgan fingerprint density at radius 1 is 1.36 bits per heavy atom. The molecule has 0 saturated heterocycles. The van der Waals surface area contributed by atoms with E-state index in [1.54, 1.807) is 18.2 Å². The molecular weight excluding hydrogens is 322 g/mol. The molecule has 0 atom stereocenters. The van der Waals surface area contributed by atoms with Crippen LogP contribution in [0.3, 0.4) is 0 Å². The highest BCUT2D eigenvalue weighted by atomic mass is 32.2. The van der Waals surface area contributed by atoms with Gasteiger partial charge in [0.2, 0.25) is 11.0 Å². The predicted molar refractivity (Wildman–Crippen MR) is 86.3 cm³/mol. The molecule has 0 bridgehead atoms. The van der Waals surface area contributed by atoms with E-state index in [2.05, 4.69) is 15.5 Å². The Balaban J connectivity index is 1.95. The fraction of sp³-hybridized carbons (Fsp3) is 0.286. The maximum atomic E-state index is 11.6. The Kier molecular flexibility index (Phi) is 5.51. The Hall–Kier alpha value is -1.93. The van der Waals surface area contributed by atoms with Crippen molar-refractivity contribution in [2.45, 2.75) is 23.9 Å². The quantitative estimate of drug-likeness (QED) is 0.621. The van der Waals surface area contributed by atoms with Crippen LogP contribution in [-0.4, -0.2) is 27.2 Å². The maximum Gasteiger partial charge on any atom is 0.335 e. The molecule has 1 aromatic heterocycles. The zero-order valence-electron chi connectivity index (χ0n) is 12.1. The first-order valence-corrected chi connectivity index (χ1v) is 8.35. The van der Waals surface area contributed by atoms with Crippen LogP contribution in [-0.2, 0) is 10.5 Å². The molecule has 6 nitrogen and oxygen atoms in total. The highest BCUT2D eigenvalue weighted by Crippen LogP contribution is 2.28. The van der Waals surface area contributed by atoms with Crippen LogP contribution in [0.5, 0.6) is 0 Å². The van der Waals surface area contributed by atoms with Gasteiger partial charge in [0.05, 0.1) is 5.56 Å². The van der Waals surface area contributed by atoms with E-state index in [9.17, 15) is 9.59 Å². The van der Waals surface area contributed by atoms with E-state index in [4.69, 9.17) is 5.11 Å². The second-order valence-corrected chi connectivity index (χ2v) is 7.01. The summed E-state index contributed by atoms with van der Waals surface area (Å²) in [6.07, 6.45) is 0. The number of hydrogen-bond acceptors (Lipinski definition) is 6. The lowest BCUT2D eigenvalue weighted by Crippen LogP contribution is -2.17. The highest BCUT2D eigenvalue weighted by molar-refractivity contribution is 8.00. The SMILES string of the molecule is CC(C)C(=O)Nc1nnc(SCc2cccc(C(=O)O)c2)s1. The number of nitrogens with zero attached hydrogens (tertiary/aromatic N) is 2. The number of anilines is 1. The fourth-order valence-electron chi connectivity index (χ4n) is 1.51. The summed E-state index contributed by atoms with van der Waals surface area (Å²) in [5.74, 6) is -0.560. The summed E-state index contributed by atoms with van der Waals surface area (Å²) in [6.45, 7) is 3.61. The third kappa shape index (κ3) is 4.54. The van der Waals surface area contributed by atoms with Crippen molar-refractivity contribution in [2.75, 3.05) is 5.32 Å². The van der Waals surface area contributed by atoms with Gasteiger partial charge in [0.15, 0.2) is 4.34 Å². The van der Waals surface area contributed by atoms with E-state index < -0.39 is 5.97 Å². The van der Waals surface area contributed by atoms with Crippen molar-refractivity contribution in [2.24, 2.45) is 5.92 Å². The lowest BCUT2D eigenvalue weighted by molar-refractivity contribution is -0.118. The second kappa shape index (κ2) is 7.37. The molecule has 2 rings (SSSR count). The van der Waals surface area contributed by atoms with Crippen molar-refractivity contribution in [3.63, 3.8) is 0 Å². The first-order chi connectivity index (χ1) is 10.5. The van der Waals surface area contributed by atoms with Crippen molar-refractivity contribution in [3.05, 3.63) is 35.4 Å². The van der Waals surface area contributed by atoms with E-state index in [0.29, 0.717) is 10.9 Å². The summed E-state index contributed by atoms with van der Waals surface area (Å²) in [7, 11) is 0. The first kappa shape index (κ1) is 16.4. The van der Waals surface area contributed by atoms with Crippen molar-refractivity contribution in [3.8, 4) is 0 Å². The van der Waals surface area contributed by atoms with E-state index in [0.717, 1.165) is 9.90 Å². The lowest BCUT2D eigenvalue weighted by atomic mass is 10.1. The normalized spacial score (nSPS) is 10.7. The maximum absolute atomic E-state index is 11.6. The molecule has 0 saturated carbocycles. The van der Waals surface area contributed by atoms with E-state index >= 15 is 0 Å². The Morgan fingerprint density at radius 2 is 2.14 bits per heavy atom. The molecule has 0 unspecified atom stereocenters. The van der Waals surface area contributed by atoms with Gasteiger partial charge in [0, 0.05) is 11.7 Å². The number of rotatable bonds is 6. The molecule has 2 N–H and O–H groups in total.